The van der Waals surface area contributed by atoms with Crippen molar-refractivity contribution >= 4 is 56.5 Å². The van der Waals surface area contributed by atoms with Crippen LogP contribution in [0.5, 0.6) is 11.5 Å². The number of carbonyl (C=O) groups excluding carboxylic acids is 2. The highest BCUT2D eigenvalue weighted by molar-refractivity contribution is 9.09. The molecule has 3 N–H and O–H groups in total. The molecule has 0 amide bonds. The van der Waals surface area contributed by atoms with Crippen molar-refractivity contribution in [2.75, 3.05) is 5.33 Å². The third-order valence-corrected chi connectivity index (χ3v) is 4.52. The number of ketones is 2. The van der Waals surface area contributed by atoms with Crippen molar-refractivity contribution < 1.29 is 24.9 Å². The number of hydrogen-bond acceptors (Lipinski definition) is 5. The maximum absolute atomic E-state index is 12.1. The highest BCUT2D eigenvalue weighted by atomic mass is 79.9. The molecule has 1 aliphatic carbocycles. The van der Waals surface area contributed by atoms with Gasteiger partial charge in [-0.2, -0.15) is 0 Å². The Morgan fingerprint density at radius 1 is 0.905 bits per heavy atom. The van der Waals surface area contributed by atoms with E-state index in [0.717, 1.165) is 0 Å². The molecule has 0 saturated carbocycles. The number of Topliss-reactive ketones (excluding diaryl/α,β-unsaturated/α-hetero) is 2. The summed E-state index contributed by atoms with van der Waals surface area (Å²) < 4.78 is 0. The Balaban J connectivity index is 2.80. The number of rotatable bonds is 3. The van der Waals surface area contributed by atoms with Gasteiger partial charge in [0, 0.05) is 10.9 Å². The van der Waals surface area contributed by atoms with Gasteiger partial charge in [0.25, 0.3) is 0 Å². The summed E-state index contributed by atoms with van der Waals surface area (Å²) in [5.41, 5.74) is -1.02. The molecule has 0 atom stereocenters. The Morgan fingerprint density at radius 2 is 1.43 bits per heavy atom. The lowest BCUT2D eigenvalue weighted by atomic mass is 9.85. The number of phenols is 2. The summed E-state index contributed by atoms with van der Waals surface area (Å²) in [4.78, 5) is 24.1. The number of allylic oxidation sites excluding steroid dienone is 1. The van der Waals surface area contributed by atoms with Gasteiger partial charge in [0.15, 0.2) is 0 Å². The number of aromatic hydroxyl groups is 2. The fourth-order valence-electron chi connectivity index (χ4n) is 2.10. The van der Waals surface area contributed by atoms with Gasteiger partial charge in [-0.05, 0) is 12.8 Å². The van der Waals surface area contributed by atoms with Gasteiger partial charge in [0.05, 0.1) is 11.1 Å². The smallest absolute Gasteiger partial charge is 0.237 e. The molecular formula is C13H9BrCl2O5. The third-order valence-electron chi connectivity index (χ3n) is 3.12. The molecule has 0 aromatic heterocycles. The molecule has 1 aliphatic rings. The van der Waals surface area contributed by atoms with E-state index in [1.165, 1.54) is 0 Å². The number of halogens is 3. The largest absolute Gasteiger partial charge is 0.507 e. The SMILES string of the molecule is O=C1C(=O)c2c(O)c(Cl)c(Cl)c(O)c2C(O)=C1CCCBr. The second-order valence-corrected chi connectivity index (χ2v) is 5.90. The third kappa shape index (κ3) is 2.41. The molecule has 1 aromatic rings. The van der Waals surface area contributed by atoms with Gasteiger partial charge in [-0.25, -0.2) is 0 Å². The number of hydrogen-bond donors (Lipinski definition) is 3. The molecule has 21 heavy (non-hydrogen) atoms. The Bertz CT molecular complexity index is 697. The van der Waals surface area contributed by atoms with E-state index in [0.29, 0.717) is 11.8 Å². The monoisotopic (exact) mass is 394 g/mol. The molecule has 0 fully saturated rings. The van der Waals surface area contributed by atoms with Crippen molar-refractivity contribution in [1.29, 1.82) is 0 Å². The van der Waals surface area contributed by atoms with E-state index < -0.39 is 44.4 Å². The Hall–Kier alpha value is -1.24. The average molecular weight is 396 g/mol. The number of aliphatic hydroxyl groups is 1. The molecule has 112 valence electrons. The number of aliphatic hydroxyl groups excluding tert-OH is 1. The summed E-state index contributed by atoms with van der Waals surface area (Å²) in [5.74, 6) is -3.93. The molecule has 2 rings (SSSR count). The molecule has 0 heterocycles. The second kappa shape index (κ2) is 5.87. The van der Waals surface area contributed by atoms with Crippen LogP contribution in [0.1, 0.15) is 28.8 Å². The van der Waals surface area contributed by atoms with Gasteiger partial charge in [-0.15, -0.1) is 0 Å². The summed E-state index contributed by atoms with van der Waals surface area (Å²) in [5, 5.41) is 29.7. The van der Waals surface area contributed by atoms with Crippen LogP contribution >= 0.6 is 39.1 Å². The van der Waals surface area contributed by atoms with Crippen LogP contribution in [0, 0.1) is 0 Å². The second-order valence-electron chi connectivity index (χ2n) is 4.35. The zero-order valence-corrected chi connectivity index (χ0v) is 13.5. The fourth-order valence-corrected chi connectivity index (χ4v) is 2.75. The lowest BCUT2D eigenvalue weighted by molar-refractivity contribution is -0.112. The molecule has 0 unspecified atom stereocenters. The molecule has 0 bridgehead atoms. The van der Waals surface area contributed by atoms with Crippen molar-refractivity contribution in [2.24, 2.45) is 0 Å². The first kappa shape index (κ1) is 16.1. The van der Waals surface area contributed by atoms with Crippen LogP contribution in [0.15, 0.2) is 5.57 Å². The van der Waals surface area contributed by atoms with Crippen LogP contribution in [0.2, 0.25) is 10.0 Å². The summed E-state index contributed by atoms with van der Waals surface area (Å²) >= 11 is 14.6. The summed E-state index contributed by atoms with van der Waals surface area (Å²) in [6.07, 6.45) is 0.642. The van der Waals surface area contributed by atoms with E-state index in [4.69, 9.17) is 23.2 Å². The molecule has 0 saturated heterocycles. The average Bonchev–Trinajstić information content (AvgIpc) is 2.46. The molecule has 1 aromatic carbocycles. The number of alkyl halides is 1. The first-order valence-electron chi connectivity index (χ1n) is 5.83. The van der Waals surface area contributed by atoms with Crippen LogP contribution in [0.25, 0.3) is 5.76 Å². The normalized spacial score (nSPS) is 14.6. The Labute approximate surface area is 137 Å². The first-order chi connectivity index (χ1) is 9.82. The molecule has 8 heteroatoms. The van der Waals surface area contributed by atoms with Gasteiger partial charge in [0.1, 0.15) is 27.3 Å². The van der Waals surface area contributed by atoms with Gasteiger partial charge in [0.2, 0.25) is 11.6 Å². The van der Waals surface area contributed by atoms with Crippen LogP contribution in [0.4, 0.5) is 0 Å². The highest BCUT2D eigenvalue weighted by Crippen LogP contribution is 2.48. The number of phenolic OH excluding ortho intramolecular Hbond substituents is 2. The van der Waals surface area contributed by atoms with Crippen LogP contribution in [-0.2, 0) is 4.79 Å². The van der Waals surface area contributed by atoms with Crippen molar-refractivity contribution in [3.05, 3.63) is 26.7 Å². The fraction of sp³-hybridized carbons (Fsp3) is 0.231. The zero-order chi connectivity index (χ0) is 15.9. The van der Waals surface area contributed by atoms with E-state index in [9.17, 15) is 24.9 Å². The van der Waals surface area contributed by atoms with E-state index >= 15 is 0 Å². The summed E-state index contributed by atoms with van der Waals surface area (Å²) in [6, 6.07) is 0. The van der Waals surface area contributed by atoms with Gasteiger partial charge < -0.3 is 15.3 Å². The van der Waals surface area contributed by atoms with Crippen LogP contribution in [0.3, 0.4) is 0 Å². The number of carbonyl (C=O) groups is 2. The first-order valence-corrected chi connectivity index (χ1v) is 7.71. The predicted molar refractivity (Wildman–Crippen MR) is 81.7 cm³/mol. The Morgan fingerprint density at radius 3 is 1.95 bits per heavy atom. The molecule has 0 spiro atoms. The summed E-state index contributed by atoms with van der Waals surface area (Å²) in [6.45, 7) is 0. The van der Waals surface area contributed by atoms with E-state index in [2.05, 4.69) is 15.9 Å². The minimum atomic E-state index is -1.04. The van der Waals surface area contributed by atoms with Crippen LogP contribution < -0.4 is 0 Å². The van der Waals surface area contributed by atoms with Gasteiger partial charge in [-0.3, -0.25) is 9.59 Å². The van der Waals surface area contributed by atoms with E-state index in [1.807, 2.05) is 0 Å². The topological polar surface area (TPSA) is 94.8 Å². The number of fused-ring (bicyclic) bond motifs is 1. The predicted octanol–water partition coefficient (Wildman–Crippen LogP) is 3.61. The van der Waals surface area contributed by atoms with E-state index in [1.54, 1.807) is 0 Å². The van der Waals surface area contributed by atoms with Crippen LogP contribution in [-0.4, -0.2) is 32.2 Å². The Kier molecular flexibility index (Phi) is 4.51. The van der Waals surface area contributed by atoms with Crippen molar-refractivity contribution in [1.82, 2.24) is 0 Å². The van der Waals surface area contributed by atoms with Gasteiger partial charge >= 0.3 is 0 Å². The molecule has 0 radical (unpaired) electrons. The standard InChI is InChI=1S/C13H9BrCl2O5/c14-3-1-2-4-9(17)5-6(13(21)10(4)18)12(20)8(16)7(15)11(5)19/h17,19-20H,1-3H2. The highest BCUT2D eigenvalue weighted by Gasteiger charge is 2.38. The molecular weight excluding hydrogens is 387 g/mol. The zero-order valence-electron chi connectivity index (χ0n) is 10.4. The minimum Gasteiger partial charge on any atom is -0.507 e. The van der Waals surface area contributed by atoms with Gasteiger partial charge in [-0.1, -0.05) is 39.1 Å². The summed E-state index contributed by atoms with van der Waals surface area (Å²) in [7, 11) is 0. The number of benzene rings is 1. The quantitative estimate of drug-likeness (QED) is 0.412. The van der Waals surface area contributed by atoms with E-state index in [-0.39, 0.29) is 17.6 Å². The maximum Gasteiger partial charge on any atom is 0.237 e. The van der Waals surface area contributed by atoms with Crippen molar-refractivity contribution in [2.45, 2.75) is 12.8 Å². The molecule has 0 aliphatic heterocycles. The van der Waals surface area contributed by atoms with Crippen molar-refractivity contribution in [3.63, 3.8) is 0 Å². The lowest BCUT2D eigenvalue weighted by Crippen LogP contribution is -2.24. The maximum atomic E-state index is 12.1. The van der Waals surface area contributed by atoms with Crippen molar-refractivity contribution in [3.8, 4) is 11.5 Å². The lowest BCUT2D eigenvalue weighted by Gasteiger charge is -2.21. The molecule has 5 nitrogen and oxygen atoms in total. The minimum absolute atomic E-state index is 0.125.